The van der Waals surface area contributed by atoms with Crippen molar-refractivity contribution in [2.24, 2.45) is 0 Å². The van der Waals surface area contributed by atoms with Crippen molar-refractivity contribution < 1.29 is 14.3 Å². The van der Waals surface area contributed by atoms with E-state index < -0.39 is 0 Å². The zero-order chi connectivity index (χ0) is 14.5. The van der Waals surface area contributed by atoms with Gasteiger partial charge in [0.25, 0.3) is 5.91 Å². The van der Waals surface area contributed by atoms with Gasteiger partial charge in [-0.2, -0.15) is 0 Å². The van der Waals surface area contributed by atoms with Gasteiger partial charge in [0.05, 0.1) is 0 Å². The second kappa shape index (κ2) is 6.19. The maximum absolute atomic E-state index is 13.0. The summed E-state index contributed by atoms with van der Waals surface area (Å²) < 4.78 is 13.0. The van der Waals surface area contributed by atoms with Crippen LogP contribution in [0.5, 0.6) is 5.75 Å². The second-order valence-corrected chi connectivity index (χ2v) is 4.64. The summed E-state index contributed by atoms with van der Waals surface area (Å²) in [7, 11) is 0. The summed E-state index contributed by atoms with van der Waals surface area (Å²) in [5.41, 5.74) is 2.09. The monoisotopic (exact) mass is 273 g/mol. The van der Waals surface area contributed by atoms with Crippen LogP contribution in [0, 0.1) is 12.7 Å². The number of phenolic OH excluding ortho intramolecular Hbond substituents is 1. The molecule has 0 unspecified atom stereocenters. The third kappa shape index (κ3) is 3.57. The normalized spacial score (nSPS) is 10.3. The van der Waals surface area contributed by atoms with Crippen molar-refractivity contribution in [1.82, 2.24) is 5.32 Å². The molecule has 1 amide bonds. The Kier molecular flexibility index (Phi) is 4.35. The third-order valence-corrected chi connectivity index (χ3v) is 3.04. The van der Waals surface area contributed by atoms with Crippen molar-refractivity contribution in [3.8, 4) is 5.75 Å². The van der Waals surface area contributed by atoms with Crippen LogP contribution in [0.3, 0.4) is 0 Å². The molecule has 0 fully saturated rings. The minimum Gasteiger partial charge on any atom is -0.508 e. The molecule has 104 valence electrons. The Balaban J connectivity index is 1.92. The highest BCUT2D eigenvalue weighted by molar-refractivity contribution is 5.95. The van der Waals surface area contributed by atoms with Gasteiger partial charge in [-0.15, -0.1) is 0 Å². The van der Waals surface area contributed by atoms with E-state index in [4.69, 9.17) is 0 Å². The van der Waals surface area contributed by atoms with E-state index in [0.717, 1.165) is 5.56 Å². The number of rotatable bonds is 4. The molecule has 0 heterocycles. The maximum Gasteiger partial charge on any atom is 0.251 e. The molecule has 2 aromatic carbocycles. The SMILES string of the molecule is Cc1cc(O)ccc1C(=O)NCCc1cccc(F)c1. The van der Waals surface area contributed by atoms with Crippen LogP contribution in [0.4, 0.5) is 4.39 Å². The summed E-state index contributed by atoms with van der Waals surface area (Å²) in [6.45, 7) is 2.20. The van der Waals surface area contributed by atoms with E-state index in [1.165, 1.54) is 18.2 Å². The lowest BCUT2D eigenvalue weighted by Crippen LogP contribution is -2.26. The van der Waals surface area contributed by atoms with Crippen LogP contribution in [0.25, 0.3) is 0 Å². The lowest BCUT2D eigenvalue weighted by Gasteiger charge is -2.08. The molecule has 0 aromatic heterocycles. The van der Waals surface area contributed by atoms with Crippen LogP contribution in [0.15, 0.2) is 42.5 Å². The maximum atomic E-state index is 13.0. The van der Waals surface area contributed by atoms with E-state index in [1.807, 2.05) is 6.07 Å². The summed E-state index contributed by atoms with van der Waals surface area (Å²) in [5, 5.41) is 12.1. The first-order chi connectivity index (χ1) is 9.56. The highest BCUT2D eigenvalue weighted by Crippen LogP contribution is 2.15. The van der Waals surface area contributed by atoms with Gasteiger partial charge < -0.3 is 10.4 Å². The van der Waals surface area contributed by atoms with Crippen LogP contribution in [-0.4, -0.2) is 17.6 Å². The predicted octanol–water partition coefficient (Wildman–Crippen LogP) is 2.81. The summed E-state index contributed by atoms with van der Waals surface area (Å²) in [4.78, 5) is 12.0. The van der Waals surface area contributed by atoms with Crippen molar-refractivity contribution in [1.29, 1.82) is 0 Å². The number of nitrogens with one attached hydrogen (secondary N) is 1. The molecule has 20 heavy (non-hydrogen) atoms. The van der Waals surface area contributed by atoms with Crippen LogP contribution in [-0.2, 0) is 6.42 Å². The Labute approximate surface area is 117 Å². The fraction of sp³-hybridized carbons (Fsp3) is 0.188. The molecule has 0 saturated heterocycles. The molecule has 2 N–H and O–H groups in total. The van der Waals surface area contributed by atoms with Gasteiger partial charge in [-0.25, -0.2) is 4.39 Å². The van der Waals surface area contributed by atoms with Crippen LogP contribution in [0.2, 0.25) is 0 Å². The fourth-order valence-electron chi connectivity index (χ4n) is 2.01. The van der Waals surface area contributed by atoms with Crippen molar-refractivity contribution in [3.05, 3.63) is 65.0 Å². The number of hydrogen-bond donors (Lipinski definition) is 2. The number of carbonyl (C=O) groups is 1. The molecule has 0 aliphatic carbocycles. The average Bonchev–Trinajstić information content (AvgIpc) is 2.38. The largest absolute Gasteiger partial charge is 0.508 e. The Morgan fingerprint density at radius 3 is 2.75 bits per heavy atom. The smallest absolute Gasteiger partial charge is 0.251 e. The second-order valence-electron chi connectivity index (χ2n) is 4.64. The number of benzene rings is 2. The van der Waals surface area contributed by atoms with Gasteiger partial charge in [0.1, 0.15) is 11.6 Å². The lowest BCUT2D eigenvalue weighted by molar-refractivity contribution is 0.0953. The third-order valence-electron chi connectivity index (χ3n) is 3.04. The zero-order valence-electron chi connectivity index (χ0n) is 11.2. The van der Waals surface area contributed by atoms with Gasteiger partial charge in [-0.1, -0.05) is 12.1 Å². The molecule has 2 aromatic rings. The number of amides is 1. The van der Waals surface area contributed by atoms with E-state index in [0.29, 0.717) is 24.1 Å². The minimum atomic E-state index is -0.275. The minimum absolute atomic E-state index is 0.138. The molecule has 4 heteroatoms. The van der Waals surface area contributed by atoms with Crippen molar-refractivity contribution >= 4 is 5.91 Å². The summed E-state index contributed by atoms with van der Waals surface area (Å²) in [6, 6.07) is 10.9. The number of phenols is 1. The topological polar surface area (TPSA) is 49.3 Å². The van der Waals surface area contributed by atoms with E-state index >= 15 is 0 Å². The van der Waals surface area contributed by atoms with E-state index in [9.17, 15) is 14.3 Å². The Hall–Kier alpha value is -2.36. The highest BCUT2D eigenvalue weighted by Gasteiger charge is 2.08. The van der Waals surface area contributed by atoms with E-state index in [1.54, 1.807) is 25.1 Å². The van der Waals surface area contributed by atoms with Crippen molar-refractivity contribution in [3.63, 3.8) is 0 Å². The molecular formula is C16H16FNO2. The van der Waals surface area contributed by atoms with Crippen molar-refractivity contribution in [2.75, 3.05) is 6.54 Å². The van der Waals surface area contributed by atoms with Gasteiger partial charge in [0, 0.05) is 12.1 Å². The van der Waals surface area contributed by atoms with Gasteiger partial charge in [-0.05, 0) is 54.8 Å². The molecule has 0 bridgehead atoms. The molecule has 0 radical (unpaired) electrons. The average molecular weight is 273 g/mol. The molecule has 2 rings (SSSR count). The van der Waals surface area contributed by atoms with E-state index in [-0.39, 0.29) is 17.5 Å². The number of hydrogen-bond acceptors (Lipinski definition) is 2. The standard InChI is InChI=1S/C16H16FNO2/c1-11-9-14(19)5-6-15(11)16(20)18-8-7-12-3-2-4-13(17)10-12/h2-6,9-10,19H,7-8H2,1H3,(H,18,20). The van der Waals surface area contributed by atoms with E-state index in [2.05, 4.69) is 5.32 Å². The predicted molar refractivity (Wildman–Crippen MR) is 75.3 cm³/mol. The highest BCUT2D eigenvalue weighted by atomic mass is 19.1. The molecule has 0 aliphatic heterocycles. The van der Waals surface area contributed by atoms with Gasteiger partial charge >= 0.3 is 0 Å². The Morgan fingerprint density at radius 1 is 1.25 bits per heavy atom. The Bertz CT molecular complexity index is 626. The summed E-state index contributed by atoms with van der Waals surface area (Å²) in [6.07, 6.45) is 0.570. The first kappa shape index (κ1) is 14.1. The van der Waals surface area contributed by atoms with Gasteiger partial charge in [0.2, 0.25) is 0 Å². The molecular weight excluding hydrogens is 257 g/mol. The summed E-state index contributed by atoms with van der Waals surface area (Å²) in [5.74, 6) is -0.332. The van der Waals surface area contributed by atoms with Gasteiger partial charge in [0.15, 0.2) is 0 Å². The number of aromatic hydroxyl groups is 1. The number of aryl methyl sites for hydroxylation is 1. The van der Waals surface area contributed by atoms with Crippen LogP contribution >= 0.6 is 0 Å². The summed E-state index contributed by atoms with van der Waals surface area (Å²) >= 11 is 0. The first-order valence-corrected chi connectivity index (χ1v) is 6.38. The van der Waals surface area contributed by atoms with Crippen LogP contribution < -0.4 is 5.32 Å². The number of carbonyl (C=O) groups excluding carboxylic acids is 1. The lowest BCUT2D eigenvalue weighted by atomic mass is 10.1. The fourth-order valence-corrected chi connectivity index (χ4v) is 2.01. The quantitative estimate of drug-likeness (QED) is 0.900. The van der Waals surface area contributed by atoms with Gasteiger partial charge in [-0.3, -0.25) is 4.79 Å². The number of halogens is 1. The molecule has 0 saturated carbocycles. The Morgan fingerprint density at radius 2 is 2.05 bits per heavy atom. The first-order valence-electron chi connectivity index (χ1n) is 6.38. The molecule has 0 aliphatic rings. The molecule has 0 spiro atoms. The zero-order valence-corrected chi connectivity index (χ0v) is 11.2. The van der Waals surface area contributed by atoms with Crippen molar-refractivity contribution in [2.45, 2.75) is 13.3 Å². The molecule has 0 atom stereocenters. The van der Waals surface area contributed by atoms with Crippen LogP contribution in [0.1, 0.15) is 21.5 Å². The molecule has 3 nitrogen and oxygen atoms in total.